The van der Waals surface area contributed by atoms with Crippen LogP contribution in [0.25, 0.3) is 5.65 Å². The van der Waals surface area contributed by atoms with Crippen LogP contribution in [0.4, 0.5) is 5.82 Å². The molecule has 1 unspecified atom stereocenters. The molecule has 6 heteroatoms. The lowest BCUT2D eigenvalue weighted by molar-refractivity contribution is 0.621. The summed E-state index contributed by atoms with van der Waals surface area (Å²) in [6.07, 6.45) is 7.78. The van der Waals surface area contributed by atoms with Gasteiger partial charge in [0, 0.05) is 34.0 Å². The number of anilines is 1. The van der Waals surface area contributed by atoms with E-state index in [4.69, 9.17) is 16.6 Å². The van der Waals surface area contributed by atoms with Crippen LogP contribution >= 0.6 is 11.6 Å². The molecule has 1 fully saturated rings. The summed E-state index contributed by atoms with van der Waals surface area (Å²) in [5.74, 6) is 1.52. The summed E-state index contributed by atoms with van der Waals surface area (Å²) >= 11 is 6.28. The Morgan fingerprint density at radius 3 is 2.82 bits per heavy atom. The predicted molar refractivity (Wildman–Crippen MR) is 96.3 cm³/mol. The highest BCUT2D eigenvalue weighted by Gasteiger charge is 2.23. The van der Waals surface area contributed by atoms with Crippen LogP contribution < -0.4 is 5.32 Å². The van der Waals surface area contributed by atoms with Crippen LogP contribution in [0.3, 0.4) is 0 Å². The number of hydrogen-bond acceptors (Lipinski definition) is 3. The second kappa shape index (κ2) is 6.58. The second-order valence-electron chi connectivity index (χ2n) is 6.57. The molecular weight excluding hydrogens is 312 g/mol. The van der Waals surface area contributed by atoms with E-state index in [-0.39, 0.29) is 0 Å². The minimum Gasteiger partial charge on any atom is -0.367 e. The third kappa shape index (κ3) is 3.01. The first-order valence-corrected chi connectivity index (χ1v) is 9.96. The summed E-state index contributed by atoms with van der Waals surface area (Å²) in [7, 11) is 1.30. The van der Waals surface area contributed by atoms with Crippen LogP contribution in [0.2, 0.25) is 10.6 Å². The normalized spacial score (nSPS) is 22.0. The molecule has 2 aromatic rings. The van der Waals surface area contributed by atoms with Crippen LogP contribution in [0.5, 0.6) is 0 Å². The van der Waals surface area contributed by atoms with E-state index >= 15 is 0 Å². The Morgan fingerprint density at radius 1 is 1.41 bits per heavy atom. The molecule has 0 saturated heterocycles. The van der Waals surface area contributed by atoms with Crippen LogP contribution in [-0.4, -0.2) is 30.9 Å². The molecule has 0 amide bonds. The average molecular weight is 337 g/mol. The van der Waals surface area contributed by atoms with Gasteiger partial charge in [-0.15, -0.1) is 0 Å². The zero-order valence-electron chi connectivity index (χ0n) is 13.6. The van der Waals surface area contributed by atoms with Gasteiger partial charge in [0.05, 0.1) is 6.20 Å². The van der Waals surface area contributed by atoms with Crippen molar-refractivity contribution in [2.75, 3.05) is 5.32 Å². The fraction of sp³-hybridized carbons (Fsp3) is 0.625. The van der Waals surface area contributed by atoms with Crippen molar-refractivity contribution in [3.8, 4) is 0 Å². The van der Waals surface area contributed by atoms with E-state index < -0.39 is 0 Å². The Kier molecular flexibility index (Phi) is 4.73. The lowest BCUT2D eigenvalue weighted by Crippen LogP contribution is -2.18. The van der Waals surface area contributed by atoms with E-state index in [9.17, 15) is 0 Å². The van der Waals surface area contributed by atoms with E-state index in [0.717, 1.165) is 35.5 Å². The van der Waals surface area contributed by atoms with E-state index in [1.54, 1.807) is 6.20 Å². The first-order valence-electron chi connectivity index (χ1n) is 8.43. The van der Waals surface area contributed by atoms with E-state index in [1.807, 2.05) is 4.52 Å². The van der Waals surface area contributed by atoms with Crippen molar-refractivity contribution in [1.29, 1.82) is 0 Å². The molecule has 2 atom stereocenters. The maximum atomic E-state index is 6.28. The highest BCUT2D eigenvalue weighted by molar-refractivity contribution is 6.33. The Bertz CT molecular complexity index is 653. The zero-order chi connectivity index (χ0) is 15.7. The first kappa shape index (κ1) is 15.8. The molecule has 0 radical (unpaired) electrons. The Balaban J connectivity index is 1.99. The quantitative estimate of drug-likeness (QED) is 0.851. The molecule has 3 rings (SSSR count). The van der Waals surface area contributed by atoms with Gasteiger partial charge in [-0.05, 0) is 25.7 Å². The van der Waals surface area contributed by atoms with Crippen molar-refractivity contribution in [2.24, 2.45) is 0 Å². The summed E-state index contributed by atoms with van der Waals surface area (Å²) in [4.78, 5) is 4.76. The molecule has 0 aromatic carbocycles. The Labute approximate surface area is 140 Å². The van der Waals surface area contributed by atoms with Crippen molar-refractivity contribution in [1.82, 2.24) is 14.6 Å². The van der Waals surface area contributed by atoms with Crippen molar-refractivity contribution < 1.29 is 0 Å². The largest absolute Gasteiger partial charge is 0.367 e. The molecular formula is C16H25ClN4Si. The lowest BCUT2D eigenvalue weighted by atomic mass is 9.99. The summed E-state index contributed by atoms with van der Waals surface area (Å²) < 4.78 is 1.86. The molecule has 4 nitrogen and oxygen atoms in total. The van der Waals surface area contributed by atoms with Gasteiger partial charge in [-0.25, -0.2) is 4.98 Å². The number of nitrogens with one attached hydrogen (secondary N) is 1. The third-order valence-electron chi connectivity index (χ3n) is 4.90. The maximum Gasteiger partial charge on any atom is 0.176 e. The van der Waals surface area contributed by atoms with E-state index in [1.165, 1.54) is 29.5 Å². The predicted octanol–water partition coefficient (Wildman–Crippen LogP) is 3.40. The van der Waals surface area contributed by atoms with Gasteiger partial charge >= 0.3 is 0 Å². The van der Waals surface area contributed by atoms with Gasteiger partial charge in [-0.1, -0.05) is 37.4 Å². The standard InChI is InChI=1S/C16H25ClN4Si/c1-3-10(4-2)14-8-15(19-11-5-6-12(22)7-11)21-16(20-14)13(17)9-18-21/h8-12,19H,3-7H2,1-2,22H3/t11-,12?/m0/s1. The van der Waals surface area contributed by atoms with Gasteiger partial charge in [0.25, 0.3) is 0 Å². The first-order chi connectivity index (χ1) is 10.6. The third-order valence-corrected chi connectivity index (χ3v) is 6.21. The van der Waals surface area contributed by atoms with Crippen molar-refractivity contribution in [3.63, 3.8) is 0 Å². The molecule has 22 heavy (non-hydrogen) atoms. The summed E-state index contributed by atoms with van der Waals surface area (Å²) in [6.45, 7) is 4.43. The molecule has 0 aliphatic heterocycles. The molecule has 1 aliphatic rings. The summed E-state index contributed by atoms with van der Waals surface area (Å²) in [5, 5.41) is 8.72. The molecule has 1 N–H and O–H groups in total. The SMILES string of the molecule is CCC(CC)c1cc(N[C@H]2CCC([SiH3])C2)n2ncc(Cl)c2n1. The van der Waals surface area contributed by atoms with E-state index in [2.05, 4.69) is 30.3 Å². The smallest absolute Gasteiger partial charge is 0.176 e. The van der Waals surface area contributed by atoms with Crippen molar-refractivity contribution in [3.05, 3.63) is 23.0 Å². The number of fused-ring (bicyclic) bond motifs is 1. The van der Waals surface area contributed by atoms with Crippen molar-refractivity contribution in [2.45, 2.75) is 63.5 Å². The Morgan fingerprint density at radius 2 is 2.18 bits per heavy atom. The fourth-order valence-corrected chi connectivity index (χ4v) is 4.59. The average Bonchev–Trinajstić information content (AvgIpc) is 3.07. The highest BCUT2D eigenvalue weighted by atomic mass is 35.5. The number of aromatic nitrogens is 3. The van der Waals surface area contributed by atoms with Crippen LogP contribution in [0, 0.1) is 0 Å². The van der Waals surface area contributed by atoms with Crippen LogP contribution in [0.1, 0.15) is 57.6 Å². The zero-order valence-corrected chi connectivity index (χ0v) is 16.4. The minimum atomic E-state index is 0.478. The number of halogens is 1. The molecule has 1 aliphatic carbocycles. The highest BCUT2D eigenvalue weighted by Crippen LogP contribution is 2.32. The van der Waals surface area contributed by atoms with Crippen LogP contribution in [-0.2, 0) is 0 Å². The van der Waals surface area contributed by atoms with Gasteiger partial charge in [0.1, 0.15) is 10.8 Å². The molecule has 2 heterocycles. The molecule has 2 aromatic heterocycles. The number of nitrogens with zero attached hydrogens (tertiary/aromatic N) is 3. The molecule has 0 bridgehead atoms. The van der Waals surface area contributed by atoms with Crippen LogP contribution in [0.15, 0.2) is 12.3 Å². The van der Waals surface area contributed by atoms with Gasteiger partial charge < -0.3 is 5.32 Å². The lowest BCUT2D eigenvalue weighted by Gasteiger charge is -2.18. The van der Waals surface area contributed by atoms with Gasteiger partial charge in [-0.2, -0.15) is 9.61 Å². The number of rotatable bonds is 5. The monoisotopic (exact) mass is 336 g/mol. The number of hydrogen-bond donors (Lipinski definition) is 1. The molecule has 120 valence electrons. The minimum absolute atomic E-state index is 0.478. The van der Waals surface area contributed by atoms with E-state index in [0.29, 0.717) is 17.0 Å². The molecule has 1 saturated carbocycles. The van der Waals surface area contributed by atoms with Gasteiger partial charge in [0.2, 0.25) is 0 Å². The Hall–Kier alpha value is -1.07. The van der Waals surface area contributed by atoms with Gasteiger partial charge in [-0.3, -0.25) is 0 Å². The van der Waals surface area contributed by atoms with Crippen molar-refractivity contribution >= 4 is 33.3 Å². The van der Waals surface area contributed by atoms with Gasteiger partial charge in [0.15, 0.2) is 5.65 Å². The maximum absolute atomic E-state index is 6.28. The topological polar surface area (TPSA) is 42.2 Å². The molecule has 0 spiro atoms. The fourth-order valence-electron chi connectivity index (χ4n) is 3.52. The second-order valence-corrected chi connectivity index (χ2v) is 8.61. The summed E-state index contributed by atoms with van der Waals surface area (Å²) in [6, 6.07) is 2.74. The summed E-state index contributed by atoms with van der Waals surface area (Å²) in [5.41, 5.74) is 2.84.